The number of likely N-dealkylation sites (tertiary alicyclic amines) is 1. The molecule has 2 fully saturated rings. The van der Waals surface area contributed by atoms with Crippen LogP contribution in [0.2, 0.25) is 0 Å². The number of rotatable bonds is 6. The van der Waals surface area contributed by atoms with Crippen LogP contribution in [0.25, 0.3) is 0 Å². The summed E-state index contributed by atoms with van der Waals surface area (Å²) >= 11 is 0. The largest absolute Gasteiger partial charge is 0.476 e. The lowest BCUT2D eigenvalue weighted by Gasteiger charge is -2.50. The molecule has 0 aromatic carbocycles. The fourth-order valence-corrected chi connectivity index (χ4v) is 3.76. The second-order valence-corrected chi connectivity index (χ2v) is 6.55. The van der Waals surface area contributed by atoms with E-state index in [-0.39, 0.29) is 11.5 Å². The molecule has 1 spiro atoms. The van der Waals surface area contributed by atoms with Crippen LogP contribution < -0.4 is 4.74 Å². The molecule has 0 saturated carbocycles. The van der Waals surface area contributed by atoms with Crippen molar-refractivity contribution < 1.29 is 18.3 Å². The lowest BCUT2D eigenvalue weighted by atomic mass is 9.79. The first kappa shape index (κ1) is 15.6. The highest BCUT2D eigenvalue weighted by atomic mass is 19.1. The molecule has 0 aliphatic carbocycles. The van der Waals surface area contributed by atoms with Gasteiger partial charge in [-0.25, -0.2) is 9.37 Å². The van der Waals surface area contributed by atoms with Crippen LogP contribution in [0.15, 0.2) is 41.1 Å². The molecule has 4 heterocycles. The van der Waals surface area contributed by atoms with Gasteiger partial charge in [0.1, 0.15) is 5.76 Å². The number of furan rings is 1. The molecule has 4 rings (SSSR count). The lowest BCUT2D eigenvalue weighted by molar-refractivity contribution is -0.139. The van der Waals surface area contributed by atoms with Crippen LogP contribution in [0.3, 0.4) is 0 Å². The summed E-state index contributed by atoms with van der Waals surface area (Å²) in [4.78, 5) is 6.25. The van der Waals surface area contributed by atoms with E-state index < -0.39 is 5.82 Å². The van der Waals surface area contributed by atoms with Gasteiger partial charge in [0.25, 0.3) is 0 Å². The Hall–Kier alpha value is -1.92. The average Bonchev–Trinajstić information content (AvgIpc) is 3.19. The maximum Gasteiger partial charge on any atom is 0.250 e. The van der Waals surface area contributed by atoms with Gasteiger partial charge in [0, 0.05) is 25.9 Å². The van der Waals surface area contributed by atoms with E-state index in [1.165, 1.54) is 12.3 Å². The molecule has 1 atom stereocenters. The molecule has 6 heteroatoms. The van der Waals surface area contributed by atoms with Crippen molar-refractivity contribution in [3.63, 3.8) is 0 Å². The van der Waals surface area contributed by atoms with Gasteiger partial charge >= 0.3 is 0 Å². The third-order valence-electron chi connectivity index (χ3n) is 4.97. The highest BCUT2D eigenvalue weighted by Gasteiger charge is 2.52. The molecule has 2 aromatic rings. The second kappa shape index (κ2) is 6.53. The van der Waals surface area contributed by atoms with Crippen molar-refractivity contribution in [3.05, 3.63) is 48.3 Å². The van der Waals surface area contributed by atoms with E-state index in [1.54, 1.807) is 12.3 Å². The first-order chi connectivity index (χ1) is 11.8. The Morgan fingerprint density at radius 2 is 2.25 bits per heavy atom. The van der Waals surface area contributed by atoms with E-state index in [1.807, 2.05) is 12.1 Å². The number of aromatic nitrogens is 1. The highest BCUT2D eigenvalue weighted by molar-refractivity contribution is 5.13. The summed E-state index contributed by atoms with van der Waals surface area (Å²) in [5, 5.41) is 0. The molecule has 0 N–H and O–H groups in total. The Labute approximate surface area is 140 Å². The van der Waals surface area contributed by atoms with Crippen molar-refractivity contribution in [3.8, 4) is 5.88 Å². The van der Waals surface area contributed by atoms with E-state index in [9.17, 15) is 4.39 Å². The van der Waals surface area contributed by atoms with E-state index in [4.69, 9.17) is 13.9 Å². The van der Waals surface area contributed by atoms with E-state index in [0.717, 1.165) is 44.8 Å². The molecule has 2 aliphatic rings. The van der Waals surface area contributed by atoms with E-state index >= 15 is 0 Å². The van der Waals surface area contributed by atoms with E-state index in [2.05, 4.69) is 9.88 Å². The maximum atomic E-state index is 13.5. The highest BCUT2D eigenvalue weighted by Crippen LogP contribution is 2.42. The summed E-state index contributed by atoms with van der Waals surface area (Å²) in [5.41, 5.74) is -0.0708. The zero-order chi connectivity index (χ0) is 16.4. The van der Waals surface area contributed by atoms with Gasteiger partial charge in [-0.15, -0.1) is 0 Å². The van der Waals surface area contributed by atoms with Crippen molar-refractivity contribution in [2.75, 3.05) is 26.3 Å². The topological polar surface area (TPSA) is 47.7 Å². The number of hydrogen-bond donors (Lipinski definition) is 0. The van der Waals surface area contributed by atoms with Gasteiger partial charge in [-0.05, 0) is 43.0 Å². The van der Waals surface area contributed by atoms with Crippen LogP contribution in [0.1, 0.15) is 18.6 Å². The Morgan fingerprint density at radius 3 is 3.04 bits per heavy atom. The quantitative estimate of drug-likeness (QED) is 0.814. The third kappa shape index (κ3) is 3.03. The summed E-state index contributed by atoms with van der Waals surface area (Å²) in [5.74, 6) is 1.09. The fourth-order valence-electron chi connectivity index (χ4n) is 3.76. The molecule has 0 radical (unpaired) electrons. The Kier molecular flexibility index (Phi) is 4.24. The first-order valence-electron chi connectivity index (χ1n) is 8.37. The lowest BCUT2D eigenvalue weighted by Crippen LogP contribution is -2.64. The standard InChI is InChI=1S/C18H21FN2O3/c19-16-4-1-7-20-17(16)23-9-5-14-6-10-24-18(14)12-21(13-18)11-15-3-2-8-22-15/h1-4,7-8,14H,5-6,9-13H2/t14-/m0/s1. The first-order valence-corrected chi connectivity index (χ1v) is 8.37. The Bertz CT molecular complexity index is 671. The molecule has 0 amide bonds. The van der Waals surface area contributed by atoms with Crippen LogP contribution in [0.5, 0.6) is 5.88 Å². The van der Waals surface area contributed by atoms with Gasteiger partial charge in [-0.3, -0.25) is 4.90 Å². The van der Waals surface area contributed by atoms with E-state index in [0.29, 0.717) is 12.5 Å². The summed E-state index contributed by atoms with van der Waals surface area (Å²) in [6.45, 7) is 3.90. The average molecular weight is 332 g/mol. The maximum absolute atomic E-state index is 13.5. The molecule has 128 valence electrons. The molecule has 2 aromatic heterocycles. The Morgan fingerprint density at radius 1 is 1.33 bits per heavy atom. The molecule has 24 heavy (non-hydrogen) atoms. The minimum absolute atomic E-state index is 0.0708. The van der Waals surface area contributed by atoms with Crippen LogP contribution in [-0.4, -0.2) is 41.8 Å². The smallest absolute Gasteiger partial charge is 0.250 e. The Balaban J connectivity index is 1.28. The predicted molar refractivity (Wildman–Crippen MR) is 85.1 cm³/mol. The van der Waals surface area contributed by atoms with Gasteiger partial charge in [0.2, 0.25) is 5.88 Å². The van der Waals surface area contributed by atoms with Crippen LogP contribution in [0.4, 0.5) is 4.39 Å². The number of halogens is 1. The third-order valence-corrected chi connectivity index (χ3v) is 4.97. The number of hydrogen-bond acceptors (Lipinski definition) is 5. The number of pyridine rings is 1. The van der Waals surface area contributed by atoms with Crippen molar-refractivity contribution in [2.45, 2.75) is 25.0 Å². The van der Waals surface area contributed by atoms with Crippen LogP contribution in [0, 0.1) is 11.7 Å². The molecule has 2 aliphatic heterocycles. The summed E-state index contributed by atoms with van der Waals surface area (Å²) in [7, 11) is 0. The zero-order valence-electron chi connectivity index (χ0n) is 13.5. The minimum Gasteiger partial charge on any atom is -0.476 e. The van der Waals surface area contributed by atoms with Gasteiger partial charge < -0.3 is 13.9 Å². The molecule has 5 nitrogen and oxygen atoms in total. The summed E-state index contributed by atoms with van der Waals surface area (Å²) in [6.07, 6.45) is 5.12. The van der Waals surface area contributed by atoms with Crippen molar-refractivity contribution in [1.82, 2.24) is 9.88 Å². The predicted octanol–water partition coefficient (Wildman–Crippen LogP) is 2.87. The van der Waals surface area contributed by atoms with Gasteiger partial charge in [-0.2, -0.15) is 0 Å². The number of ether oxygens (including phenoxy) is 2. The minimum atomic E-state index is -0.414. The zero-order valence-corrected chi connectivity index (χ0v) is 13.5. The second-order valence-electron chi connectivity index (χ2n) is 6.55. The molecule has 0 bridgehead atoms. The monoisotopic (exact) mass is 332 g/mol. The van der Waals surface area contributed by atoms with Gasteiger partial charge in [0.05, 0.1) is 25.0 Å². The molecular weight excluding hydrogens is 311 g/mol. The SMILES string of the molecule is Fc1cccnc1OCC[C@H]1CCOC12CN(Cc1ccco1)C2. The van der Waals surface area contributed by atoms with Crippen LogP contribution in [-0.2, 0) is 11.3 Å². The summed E-state index contributed by atoms with van der Waals surface area (Å²) < 4.78 is 30.5. The van der Waals surface area contributed by atoms with Crippen LogP contribution >= 0.6 is 0 Å². The summed E-state index contributed by atoms with van der Waals surface area (Å²) in [6, 6.07) is 6.83. The fraction of sp³-hybridized carbons (Fsp3) is 0.500. The van der Waals surface area contributed by atoms with Crippen molar-refractivity contribution in [1.29, 1.82) is 0 Å². The van der Waals surface area contributed by atoms with Gasteiger partial charge in [0.15, 0.2) is 5.82 Å². The molecule has 0 unspecified atom stereocenters. The van der Waals surface area contributed by atoms with Crippen molar-refractivity contribution >= 4 is 0 Å². The molecule has 2 saturated heterocycles. The van der Waals surface area contributed by atoms with Gasteiger partial charge in [-0.1, -0.05) is 0 Å². The molecular formula is C18H21FN2O3. The van der Waals surface area contributed by atoms with Crippen molar-refractivity contribution in [2.24, 2.45) is 5.92 Å². The normalized spacial score (nSPS) is 22.6. The number of nitrogens with zero attached hydrogens (tertiary/aromatic N) is 2.